The van der Waals surface area contributed by atoms with Crippen molar-refractivity contribution < 1.29 is 4.79 Å². The van der Waals surface area contributed by atoms with Gasteiger partial charge in [0.1, 0.15) is 18.0 Å². The van der Waals surface area contributed by atoms with Gasteiger partial charge in [-0.05, 0) is 61.7 Å². The number of benzene rings is 2. The van der Waals surface area contributed by atoms with E-state index in [0.29, 0.717) is 17.3 Å². The average molecular weight is 403 g/mol. The number of nitrogen functional groups attached to an aromatic ring is 1. The minimum absolute atomic E-state index is 0.158. The molecule has 2 heterocycles. The van der Waals surface area contributed by atoms with E-state index in [0.717, 1.165) is 55.1 Å². The third-order valence-corrected chi connectivity index (χ3v) is 5.36. The van der Waals surface area contributed by atoms with Gasteiger partial charge in [-0.25, -0.2) is 9.97 Å². The van der Waals surface area contributed by atoms with E-state index in [-0.39, 0.29) is 5.91 Å². The van der Waals surface area contributed by atoms with E-state index in [1.807, 2.05) is 42.5 Å². The van der Waals surface area contributed by atoms with Crippen molar-refractivity contribution in [1.82, 2.24) is 15.3 Å². The zero-order valence-corrected chi connectivity index (χ0v) is 16.8. The molecule has 0 spiro atoms. The summed E-state index contributed by atoms with van der Waals surface area (Å²) in [6.07, 6.45) is 3.77. The van der Waals surface area contributed by atoms with Crippen molar-refractivity contribution in [3.63, 3.8) is 0 Å². The molecule has 0 unspecified atom stereocenters. The highest BCUT2D eigenvalue weighted by Gasteiger charge is 2.16. The fourth-order valence-corrected chi connectivity index (χ4v) is 3.66. The van der Waals surface area contributed by atoms with Crippen molar-refractivity contribution in [2.45, 2.75) is 12.8 Å². The fraction of sp³-hybridized carbons (Fsp3) is 0.261. The van der Waals surface area contributed by atoms with Crippen LogP contribution in [-0.4, -0.2) is 35.5 Å². The van der Waals surface area contributed by atoms with Crippen LogP contribution in [0.15, 0.2) is 60.9 Å². The second-order valence-electron chi connectivity index (χ2n) is 7.45. The van der Waals surface area contributed by atoms with E-state index in [2.05, 4.69) is 25.9 Å². The molecule has 0 saturated carbocycles. The van der Waals surface area contributed by atoms with Crippen LogP contribution in [0.1, 0.15) is 23.2 Å². The number of anilines is 3. The van der Waals surface area contributed by atoms with Gasteiger partial charge < -0.3 is 21.7 Å². The molecule has 7 nitrogen and oxygen atoms in total. The Balaban J connectivity index is 1.50. The lowest BCUT2D eigenvalue weighted by atomic mass is 9.98. The first kappa shape index (κ1) is 19.8. The van der Waals surface area contributed by atoms with Crippen LogP contribution >= 0.6 is 0 Å². The summed E-state index contributed by atoms with van der Waals surface area (Å²) in [5, 5.41) is 9.73. The number of nitrogens with two attached hydrogens (primary N) is 1. The van der Waals surface area contributed by atoms with E-state index in [1.54, 1.807) is 12.1 Å². The van der Waals surface area contributed by atoms with Gasteiger partial charge in [0.05, 0.1) is 5.56 Å². The summed E-state index contributed by atoms with van der Waals surface area (Å²) in [6, 6.07) is 16.7. The molecule has 0 bridgehead atoms. The largest absolute Gasteiger partial charge is 0.383 e. The lowest BCUT2D eigenvalue weighted by Crippen LogP contribution is -2.31. The van der Waals surface area contributed by atoms with Gasteiger partial charge in [0.25, 0.3) is 5.91 Å². The molecular weight excluding hydrogens is 376 g/mol. The number of hydrogen-bond donors (Lipinski definition) is 4. The quantitative estimate of drug-likeness (QED) is 0.504. The molecule has 5 N–H and O–H groups in total. The standard InChI is InChI=1S/C23H26N6O/c24-21-20(22(28-15-27-21)26-14-16-10-12-25-13-11-16)17-6-8-18(9-7-17)23(30)29-19-4-2-1-3-5-19/h1-9,15-16,25H,10-14H2,(H,29,30)(H3,24,26,27,28). The Hall–Kier alpha value is -3.45. The van der Waals surface area contributed by atoms with Gasteiger partial charge in [0, 0.05) is 17.8 Å². The second-order valence-corrected chi connectivity index (χ2v) is 7.45. The molecule has 0 atom stereocenters. The van der Waals surface area contributed by atoms with Gasteiger partial charge in [-0.3, -0.25) is 4.79 Å². The number of para-hydroxylation sites is 1. The normalized spacial score (nSPS) is 14.3. The van der Waals surface area contributed by atoms with E-state index in [9.17, 15) is 4.79 Å². The number of amides is 1. The molecule has 0 radical (unpaired) electrons. The van der Waals surface area contributed by atoms with E-state index in [4.69, 9.17) is 5.73 Å². The van der Waals surface area contributed by atoms with E-state index in [1.165, 1.54) is 6.33 Å². The molecule has 1 aliphatic heterocycles. The molecule has 30 heavy (non-hydrogen) atoms. The Labute approximate surface area is 176 Å². The topological polar surface area (TPSA) is 105 Å². The summed E-state index contributed by atoms with van der Waals surface area (Å²) in [6.45, 7) is 2.96. The number of aromatic nitrogens is 2. The maximum Gasteiger partial charge on any atom is 0.255 e. The number of nitrogens with one attached hydrogen (secondary N) is 3. The summed E-state index contributed by atoms with van der Waals surface area (Å²) in [7, 11) is 0. The van der Waals surface area contributed by atoms with Crippen molar-refractivity contribution in [3.05, 3.63) is 66.5 Å². The maximum absolute atomic E-state index is 12.5. The minimum atomic E-state index is -0.158. The molecule has 4 rings (SSSR count). The summed E-state index contributed by atoms with van der Waals surface area (Å²) in [5.41, 5.74) is 9.15. The number of piperidine rings is 1. The summed E-state index contributed by atoms with van der Waals surface area (Å²) >= 11 is 0. The number of rotatable bonds is 6. The van der Waals surface area contributed by atoms with Crippen LogP contribution in [0.2, 0.25) is 0 Å². The van der Waals surface area contributed by atoms with Crippen molar-refractivity contribution in [3.8, 4) is 11.1 Å². The Bertz CT molecular complexity index is 984. The van der Waals surface area contributed by atoms with Crippen LogP contribution in [0.3, 0.4) is 0 Å². The van der Waals surface area contributed by atoms with Gasteiger partial charge >= 0.3 is 0 Å². The summed E-state index contributed by atoms with van der Waals surface area (Å²) in [5.74, 6) is 1.59. The van der Waals surface area contributed by atoms with E-state index >= 15 is 0 Å². The molecule has 1 aromatic heterocycles. The maximum atomic E-state index is 12.5. The third kappa shape index (κ3) is 4.75. The number of carbonyl (C=O) groups excluding carboxylic acids is 1. The second kappa shape index (κ2) is 9.37. The fourth-order valence-electron chi connectivity index (χ4n) is 3.66. The minimum Gasteiger partial charge on any atom is -0.383 e. The molecule has 1 aliphatic rings. The Morgan fingerprint density at radius 1 is 1.03 bits per heavy atom. The predicted octanol–water partition coefficient (Wildman–Crippen LogP) is 3.39. The SMILES string of the molecule is Nc1ncnc(NCC2CCNCC2)c1-c1ccc(C(=O)Nc2ccccc2)cc1. The van der Waals surface area contributed by atoms with E-state index < -0.39 is 0 Å². The predicted molar refractivity (Wildman–Crippen MR) is 120 cm³/mol. The lowest BCUT2D eigenvalue weighted by Gasteiger charge is -2.23. The Morgan fingerprint density at radius 2 is 1.77 bits per heavy atom. The van der Waals surface area contributed by atoms with Crippen LogP contribution in [0.4, 0.5) is 17.3 Å². The molecule has 1 fully saturated rings. The van der Waals surface area contributed by atoms with Gasteiger partial charge in [0.2, 0.25) is 0 Å². The number of nitrogens with zero attached hydrogens (tertiary/aromatic N) is 2. The Kier molecular flexibility index (Phi) is 6.20. The molecule has 1 amide bonds. The van der Waals surface area contributed by atoms with Gasteiger partial charge in [-0.15, -0.1) is 0 Å². The molecule has 2 aromatic carbocycles. The van der Waals surface area contributed by atoms with Crippen LogP contribution in [0.25, 0.3) is 11.1 Å². The van der Waals surface area contributed by atoms with Crippen LogP contribution < -0.4 is 21.7 Å². The zero-order chi connectivity index (χ0) is 20.8. The summed E-state index contributed by atoms with van der Waals surface area (Å²) in [4.78, 5) is 21.1. The number of carbonyl (C=O) groups is 1. The van der Waals surface area contributed by atoms with Crippen LogP contribution in [0, 0.1) is 5.92 Å². The zero-order valence-electron chi connectivity index (χ0n) is 16.8. The van der Waals surface area contributed by atoms with Crippen LogP contribution in [-0.2, 0) is 0 Å². The van der Waals surface area contributed by atoms with Gasteiger partial charge in [-0.2, -0.15) is 0 Å². The van der Waals surface area contributed by atoms with Crippen molar-refractivity contribution in [2.75, 3.05) is 36.0 Å². The molecule has 1 saturated heterocycles. The first-order valence-corrected chi connectivity index (χ1v) is 10.2. The van der Waals surface area contributed by atoms with Crippen molar-refractivity contribution in [1.29, 1.82) is 0 Å². The molecule has 154 valence electrons. The highest BCUT2D eigenvalue weighted by molar-refractivity contribution is 6.04. The first-order valence-electron chi connectivity index (χ1n) is 10.2. The molecule has 0 aliphatic carbocycles. The third-order valence-electron chi connectivity index (χ3n) is 5.36. The number of hydrogen-bond acceptors (Lipinski definition) is 6. The van der Waals surface area contributed by atoms with Crippen molar-refractivity contribution in [2.24, 2.45) is 5.92 Å². The monoisotopic (exact) mass is 402 g/mol. The highest BCUT2D eigenvalue weighted by Crippen LogP contribution is 2.31. The molecular formula is C23H26N6O. The Morgan fingerprint density at radius 3 is 2.50 bits per heavy atom. The van der Waals surface area contributed by atoms with Gasteiger partial charge in [0.15, 0.2) is 0 Å². The van der Waals surface area contributed by atoms with Gasteiger partial charge in [-0.1, -0.05) is 30.3 Å². The smallest absolute Gasteiger partial charge is 0.255 e. The average Bonchev–Trinajstić information content (AvgIpc) is 2.79. The highest BCUT2D eigenvalue weighted by atomic mass is 16.1. The lowest BCUT2D eigenvalue weighted by molar-refractivity contribution is 0.102. The van der Waals surface area contributed by atoms with Crippen molar-refractivity contribution >= 4 is 23.2 Å². The summed E-state index contributed by atoms with van der Waals surface area (Å²) < 4.78 is 0. The molecule has 7 heteroatoms. The van der Waals surface area contributed by atoms with Crippen LogP contribution in [0.5, 0.6) is 0 Å². The first-order chi connectivity index (χ1) is 14.7. The molecule has 3 aromatic rings.